The van der Waals surface area contributed by atoms with Gasteiger partial charge in [-0.15, -0.1) is 0 Å². The summed E-state index contributed by atoms with van der Waals surface area (Å²) < 4.78 is 0. The molecule has 0 fully saturated rings. The van der Waals surface area contributed by atoms with E-state index in [-0.39, 0.29) is 37.0 Å². The molecule has 0 aliphatic heterocycles. The lowest BCUT2D eigenvalue weighted by molar-refractivity contribution is -0.143. The number of guanidine groups is 1. The first-order valence-electron chi connectivity index (χ1n) is 10.6. The molecule has 0 aromatic rings. The van der Waals surface area contributed by atoms with E-state index < -0.39 is 60.2 Å². The summed E-state index contributed by atoms with van der Waals surface area (Å²) in [5, 5.41) is 25.3. The Kier molecular flexibility index (Phi) is 14.3. The molecule has 0 heterocycles. The molecule has 15 heteroatoms. The lowest BCUT2D eigenvalue weighted by atomic mass is 10.0. The summed E-state index contributed by atoms with van der Waals surface area (Å²) in [4.78, 5) is 63.8. The van der Waals surface area contributed by atoms with Crippen molar-refractivity contribution in [2.75, 3.05) is 12.3 Å². The number of nitrogens with zero attached hydrogens (tertiary/aromatic N) is 1. The molecule has 0 aromatic heterocycles. The minimum Gasteiger partial charge on any atom is -0.481 e. The van der Waals surface area contributed by atoms with E-state index in [1.165, 1.54) is 0 Å². The number of nitrogens with one attached hydrogen (secondary N) is 3. The minimum atomic E-state index is -1.51. The van der Waals surface area contributed by atoms with Crippen molar-refractivity contribution in [1.29, 1.82) is 0 Å². The van der Waals surface area contributed by atoms with Gasteiger partial charge in [0.1, 0.15) is 18.1 Å². The summed E-state index contributed by atoms with van der Waals surface area (Å²) in [6, 6.07) is -5.05. The molecular formula is C19H35N7O7S. The zero-order chi connectivity index (χ0) is 26.4. The van der Waals surface area contributed by atoms with Crippen LogP contribution in [0.5, 0.6) is 0 Å². The van der Waals surface area contributed by atoms with E-state index in [2.05, 4.69) is 33.6 Å². The van der Waals surface area contributed by atoms with Gasteiger partial charge in [-0.25, -0.2) is 4.79 Å². The number of rotatable bonds is 16. The first kappa shape index (κ1) is 30.9. The molecule has 0 spiro atoms. The molecule has 0 rings (SSSR count). The lowest BCUT2D eigenvalue weighted by Crippen LogP contribution is -2.58. The Labute approximate surface area is 202 Å². The average molecular weight is 506 g/mol. The monoisotopic (exact) mass is 505 g/mol. The molecule has 0 bridgehead atoms. The molecule has 0 aliphatic rings. The molecule has 0 radical (unpaired) electrons. The van der Waals surface area contributed by atoms with E-state index in [0.717, 1.165) is 0 Å². The predicted octanol–water partition coefficient (Wildman–Crippen LogP) is -2.64. The summed E-state index contributed by atoms with van der Waals surface area (Å²) in [6.07, 6.45) is -0.170. The van der Waals surface area contributed by atoms with E-state index in [0.29, 0.717) is 6.42 Å². The number of nitrogens with two attached hydrogens (primary N) is 3. The molecule has 0 saturated heterocycles. The summed E-state index contributed by atoms with van der Waals surface area (Å²) >= 11 is 4.00. The van der Waals surface area contributed by atoms with Crippen molar-refractivity contribution in [2.45, 2.75) is 63.7 Å². The molecule has 11 N–H and O–H groups in total. The topological polar surface area (TPSA) is 252 Å². The zero-order valence-electron chi connectivity index (χ0n) is 19.2. The van der Waals surface area contributed by atoms with Gasteiger partial charge >= 0.3 is 11.9 Å². The Morgan fingerprint density at radius 2 is 1.44 bits per heavy atom. The van der Waals surface area contributed by atoms with Crippen LogP contribution in [0.15, 0.2) is 4.99 Å². The smallest absolute Gasteiger partial charge is 0.326 e. The van der Waals surface area contributed by atoms with Crippen LogP contribution in [0.4, 0.5) is 0 Å². The number of carboxylic acids is 2. The predicted molar refractivity (Wildman–Crippen MR) is 127 cm³/mol. The molecule has 34 heavy (non-hydrogen) atoms. The standard InChI is InChI=1S/C19H35N7O7S/c1-9(2)6-10(20)15(29)25-12(7-14(27)28)16(30)26-13(8-34)17(31)24-11(18(32)33)4-3-5-23-19(21)22/h9-13,34H,3-8,20H2,1-2H3,(H,24,31)(H,25,29)(H,26,30)(H,27,28)(H,32,33)(H4,21,22,23). The van der Waals surface area contributed by atoms with Gasteiger partial charge in [-0.3, -0.25) is 24.2 Å². The van der Waals surface area contributed by atoms with Gasteiger partial charge in [0.05, 0.1) is 12.5 Å². The van der Waals surface area contributed by atoms with Gasteiger partial charge in [0.2, 0.25) is 17.7 Å². The van der Waals surface area contributed by atoms with E-state index in [9.17, 15) is 29.1 Å². The van der Waals surface area contributed by atoms with Gasteiger partial charge in [0, 0.05) is 12.3 Å². The largest absolute Gasteiger partial charge is 0.481 e. The Morgan fingerprint density at radius 1 is 0.912 bits per heavy atom. The van der Waals surface area contributed by atoms with Gasteiger partial charge in [0.25, 0.3) is 0 Å². The summed E-state index contributed by atoms with van der Waals surface area (Å²) in [5.74, 6) is -5.48. The quantitative estimate of drug-likeness (QED) is 0.0456. The van der Waals surface area contributed by atoms with Gasteiger partial charge in [-0.05, 0) is 25.2 Å². The fourth-order valence-corrected chi connectivity index (χ4v) is 3.03. The molecule has 4 unspecified atom stereocenters. The van der Waals surface area contributed by atoms with Crippen LogP contribution in [-0.2, 0) is 24.0 Å². The summed E-state index contributed by atoms with van der Waals surface area (Å²) in [5.41, 5.74) is 16.2. The first-order chi connectivity index (χ1) is 15.8. The molecule has 4 atom stereocenters. The molecule has 3 amide bonds. The summed E-state index contributed by atoms with van der Waals surface area (Å²) in [7, 11) is 0. The second-order valence-electron chi connectivity index (χ2n) is 7.99. The number of aliphatic carboxylic acids is 2. The fraction of sp³-hybridized carbons (Fsp3) is 0.684. The molecule has 194 valence electrons. The van der Waals surface area contributed by atoms with Crippen molar-refractivity contribution < 1.29 is 34.2 Å². The van der Waals surface area contributed by atoms with Crippen LogP contribution in [0.25, 0.3) is 0 Å². The third-order valence-electron chi connectivity index (χ3n) is 4.45. The van der Waals surface area contributed by atoms with Crippen molar-refractivity contribution in [2.24, 2.45) is 28.1 Å². The van der Waals surface area contributed by atoms with Gasteiger partial charge in [0.15, 0.2) is 5.96 Å². The van der Waals surface area contributed by atoms with Crippen molar-refractivity contribution >= 4 is 48.2 Å². The first-order valence-corrected chi connectivity index (χ1v) is 11.2. The van der Waals surface area contributed by atoms with E-state index >= 15 is 0 Å². The van der Waals surface area contributed by atoms with Crippen LogP contribution in [0.1, 0.15) is 39.5 Å². The van der Waals surface area contributed by atoms with Crippen LogP contribution < -0.4 is 33.2 Å². The Bertz CT molecular complexity index is 759. The van der Waals surface area contributed by atoms with E-state index in [1.807, 2.05) is 13.8 Å². The SMILES string of the molecule is CC(C)CC(N)C(=O)NC(CC(=O)O)C(=O)NC(CS)C(=O)NC(CCCN=C(N)N)C(=O)O. The number of aliphatic imine (C=N–C) groups is 1. The maximum Gasteiger partial charge on any atom is 0.326 e. The van der Waals surface area contributed by atoms with Crippen molar-refractivity contribution in [3.8, 4) is 0 Å². The highest BCUT2D eigenvalue weighted by molar-refractivity contribution is 7.80. The molecule has 0 aromatic carbocycles. The maximum absolute atomic E-state index is 12.6. The van der Waals surface area contributed by atoms with Crippen LogP contribution in [0.2, 0.25) is 0 Å². The number of thiol groups is 1. The highest BCUT2D eigenvalue weighted by Gasteiger charge is 2.31. The number of amides is 3. The van der Waals surface area contributed by atoms with E-state index in [4.69, 9.17) is 22.3 Å². The Balaban J connectivity index is 5.21. The third kappa shape index (κ3) is 12.8. The van der Waals surface area contributed by atoms with Crippen LogP contribution in [-0.4, -0.2) is 82.3 Å². The molecule has 0 aliphatic carbocycles. The average Bonchev–Trinajstić information content (AvgIpc) is 2.71. The Morgan fingerprint density at radius 3 is 1.91 bits per heavy atom. The van der Waals surface area contributed by atoms with Gasteiger partial charge in [-0.1, -0.05) is 13.8 Å². The van der Waals surface area contributed by atoms with E-state index in [1.54, 1.807) is 0 Å². The maximum atomic E-state index is 12.6. The minimum absolute atomic E-state index is 0.0104. The molecule has 0 saturated carbocycles. The molecule has 14 nitrogen and oxygen atoms in total. The van der Waals surface area contributed by atoms with Crippen molar-refractivity contribution in [3.63, 3.8) is 0 Å². The second-order valence-corrected chi connectivity index (χ2v) is 8.35. The number of carbonyl (C=O) groups excluding carboxylic acids is 3. The number of carbonyl (C=O) groups is 5. The van der Waals surface area contributed by atoms with Crippen molar-refractivity contribution in [3.05, 3.63) is 0 Å². The fourth-order valence-electron chi connectivity index (χ4n) is 2.78. The lowest BCUT2D eigenvalue weighted by Gasteiger charge is -2.24. The third-order valence-corrected chi connectivity index (χ3v) is 4.81. The Hall–Kier alpha value is -3.07. The zero-order valence-corrected chi connectivity index (χ0v) is 20.1. The van der Waals surface area contributed by atoms with Gasteiger partial charge < -0.3 is 43.4 Å². The second kappa shape index (κ2) is 15.7. The highest BCUT2D eigenvalue weighted by Crippen LogP contribution is 2.05. The van der Waals surface area contributed by atoms with Crippen LogP contribution in [0.3, 0.4) is 0 Å². The number of hydrogen-bond acceptors (Lipinski definition) is 8. The number of hydrogen-bond donors (Lipinski definition) is 9. The van der Waals surface area contributed by atoms with Gasteiger partial charge in [-0.2, -0.15) is 12.6 Å². The van der Waals surface area contributed by atoms with Crippen LogP contribution >= 0.6 is 12.6 Å². The number of carboxylic acid groups (broad SMARTS) is 2. The van der Waals surface area contributed by atoms with Crippen molar-refractivity contribution in [1.82, 2.24) is 16.0 Å². The normalized spacial score (nSPS) is 14.3. The van der Waals surface area contributed by atoms with Crippen LogP contribution in [0, 0.1) is 5.92 Å². The highest BCUT2D eigenvalue weighted by atomic mass is 32.1. The molecular weight excluding hydrogens is 470 g/mol. The summed E-state index contributed by atoms with van der Waals surface area (Å²) in [6.45, 7) is 3.84.